The number of nitrogens with one attached hydrogen (secondary N) is 1. The minimum Gasteiger partial charge on any atom is -0.378 e. The molecule has 1 atom stereocenters. The number of morpholine rings is 1. The fraction of sp³-hybridized carbons (Fsp3) is 0.750. The van der Waals surface area contributed by atoms with E-state index in [9.17, 15) is 14.4 Å². The predicted molar refractivity (Wildman–Crippen MR) is 126 cm³/mol. The number of nitrogens with zero attached hydrogens (tertiary/aromatic N) is 5. The highest BCUT2D eigenvalue weighted by Gasteiger charge is 2.31. The summed E-state index contributed by atoms with van der Waals surface area (Å²) in [7, 11) is 1.85. The van der Waals surface area contributed by atoms with Gasteiger partial charge in [0.2, 0.25) is 11.8 Å². The summed E-state index contributed by atoms with van der Waals surface area (Å²) < 4.78 is 7.12. The molecule has 10 heteroatoms. The van der Waals surface area contributed by atoms with Crippen molar-refractivity contribution < 1.29 is 19.1 Å². The molecule has 1 N–H and O–H groups in total. The van der Waals surface area contributed by atoms with Crippen molar-refractivity contribution in [2.75, 3.05) is 52.5 Å². The Morgan fingerprint density at radius 1 is 1.06 bits per heavy atom. The average Bonchev–Trinajstić information content (AvgIpc) is 3.19. The smallest absolute Gasteiger partial charge is 0.274 e. The largest absolute Gasteiger partial charge is 0.378 e. The summed E-state index contributed by atoms with van der Waals surface area (Å²) in [4.78, 5) is 44.1. The fourth-order valence-electron chi connectivity index (χ4n) is 5.19. The van der Waals surface area contributed by atoms with Gasteiger partial charge in [-0.15, -0.1) is 0 Å². The minimum atomic E-state index is -0.100. The third-order valence-electron chi connectivity index (χ3n) is 7.32. The molecule has 2 fully saturated rings. The van der Waals surface area contributed by atoms with Crippen molar-refractivity contribution in [3.8, 4) is 0 Å². The standard InChI is InChI=1S/C24H38N6O4/c1-18-5-3-4-10-28(18)12-9-25-21(31)6-7-22(32)30-11-8-20-19(17-30)23(26-27(20)2)24(33)29-13-15-34-16-14-29/h18H,3-17H2,1-2H3,(H,25,31). The second kappa shape index (κ2) is 11.3. The number of likely N-dealkylation sites (tertiary alicyclic amines) is 1. The Morgan fingerprint density at radius 3 is 2.62 bits per heavy atom. The van der Waals surface area contributed by atoms with Crippen LogP contribution in [0, 0.1) is 0 Å². The minimum absolute atomic E-state index is 0.0564. The highest BCUT2D eigenvalue weighted by molar-refractivity contribution is 5.94. The van der Waals surface area contributed by atoms with Crippen molar-refractivity contribution in [3.05, 3.63) is 17.0 Å². The van der Waals surface area contributed by atoms with Gasteiger partial charge in [0, 0.05) is 82.9 Å². The monoisotopic (exact) mass is 474 g/mol. The maximum absolute atomic E-state index is 13.0. The predicted octanol–water partition coefficient (Wildman–Crippen LogP) is 0.548. The lowest BCUT2D eigenvalue weighted by Crippen LogP contribution is -2.43. The quantitative estimate of drug-likeness (QED) is 0.620. The van der Waals surface area contributed by atoms with Crippen LogP contribution in [-0.4, -0.2) is 101 Å². The molecule has 1 aromatic heterocycles. The van der Waals surface area contributed by atoms with Crippen molar-refractivity contribution in [2.45, 2.75) is 58.0 Å². The van der Waals surface area contributed by atoms with Crippen LogP contribution in [0.25, 0.3) is 0 Å². The van der Waals surface area contributed by atoms with Crippen molar-refractivity contribution in [1.82, 2.24) is 29.8 Å². The van der Waals surface area contributed by atoms with Crippen molar-refractivity contribution >= 4 is 17.7 Å². The first-order valence-corrected chi connectivity index (χ1v) is 12.6. The van der Waals surface area contributed by atoms with Crippen LogP contribution in [0.3, 0.4) is 0 Å². The zero-order chi connectivity index (χ0) is 24.1. The number of piperidine rings is 1. The summed E-state index contributed by atoms with van der Waals surface area (Å²) in [6, 6.07) is 0.573. The zero-order valence-electron chi connectivity index (χ0n) is 20.6. The highest BCUT2D eigenvalue weighted by Crippen LogP contribution is 2.24. The van der Waals surface area contributed by atoms with Gasteiger partial charge in [-0.05, 0) is 26.3 Å². The number of aromatic nitrogens is 2. The van der Waals surface area contributed by atoms with Gasteiger partial charge in [-0.3, -0.25) is 24.0 Å². The lowest BCUT2D eigenvalue weighted by molar-refractivity contribution is -0.134. The van der Waals surface area contributed by atoms with E-state index in [0.29, 0.717) is 64.1 Å². The molecule has 3 amide bonds. The van der Waals surface area contributed by atoms with Crippen LogP contribution in [0.15, 0.2) is 0 Å². The van der Waals surface area contributed by atoms with Crippen molar-refractivity contribution in [2.24, 2.45) is 7.05 Å². The Kier molecular flexibility index (Phi) is 8.20. The Labute approximate surface area is 201 Å². The van der Waals surface area contributed by atoms with Crippen LogP contribution in [-0.2, 0) is 34.3 Å². The van der Waals surface area contributed by atoms with Gasteiger partial charge >= 0.3 is 0 Å². The lowest BCUT2D eigenvalue weighted by Gasteiger charge is -2.33. The first kappa shape index (κ1) is 24.7. The number of hydrogen-bond acceptors (Lipinski definition) is 6. The van der Waals surface area contributed by atoms with Crippen LogP contribution in [0.5, 0.6) is 0 Å². The SMILES string of the molecule is CC1CCCCN1CCNC(=O)CCC(=O)N1CCc2c(c(C(=O)N3CCOCC3)nn2C)C1. The Balaban J connectivity index is 1.26. The van der Waals surface area contributed by atoms with Gasteiger partial charge in [0.25, 0.3) is 5.91 Å². The summed E-state index contributed by atoms with van der Waals surface area (Å²) in [6.45, 7) is 7.92. The molecule has 0 bridgehead atoms. The van der Waals surface area contributed by atoms with Crippen molar-refractivity contribution in [1.29, 1.82) is 0 Å². The van der Waals surface area contributed by atoms with E-state index in [1.165, 1.54) is 19.3 Å². The summed E-state index contributed by atoms with van der Waals surface area (Å²) in [6.07, 6.45) is 4.74. The molecular weight excluding hydrogens is 436 g/mol. The highest BCUT2D eigenvalue weighted by atomic mass is 16.5. The van der Waals surface area contributed by atoms with Crippen LogP contribution in [0.4, 0.5) is 0 Å². The molecule has 2 saturated heterocycles. The maximum Gasteiger partial charge on any atom is 0.274 e. The van der Waals surface area contributed by atoms with Gasteiger partial charge in [-0.1, -0.05) is 6.42 Å². The average molecular weight is 475 g/mol. The number of aryl methyl sites for hydroxylation is 1. The Morgan fingerprint density at radius 2 is 1.85 bits per heavy atom. The van der Waals surface area contributed by atoms with Gasteiger partial charge in [-0.25, -0.2) is 0 Å². The van der Waals surface area contributed by atoms with Gasteiger partial charge in [-0.2, -0.15) is 5.10 Å². The number of carbonyl (C=O) groups is 3. The molecule has 1 unspecified atom stereocenters. The van der Waals surface area contributed by atoms with E-state index in [0.717, 1.165) is 24.3 Å². The molecule has 188 valence electrons. The zero-order valence-corrected chi connectivity index (χ0v) is 20.6. The number of fused-ring (bicyclic) bond motifs is 1. The second-order valence-corrected chi connectivity index (χ2v) is 9.60. The van der Waals surface area contributed by atoms with E-state index in [1.807, 2.05) is 7.05 Å². The van der Waals surface area contributed by atoms with E-state index in [1.54, 1.807) is 14.5 Å². The van der Waals surface area contributed by atoms with Gasteiger partial charge < -0.3 is 19.9 Å². The first-order valence-electron chi connectivity index (χ1n) is 12.6. The molecule has 4 heterocycles. The van der Waals surface area contributed by atoms with Crippen molar-refractivity contribution in [3.63, 3.8) is 0 Å². The topological polar surface area (TPSA) is 100 Å². The molecule has 0 aromatic carbocycles. The van der Waals surface area contributed by atoms with Gasteiger partial charge in [0.15, 0.2) is 5.69 Å². The summed E-state index contributed by atoms with van der Waals surface area (Å²) in [5.41, 5.74) is 2.27. The molecule has 0 saturated carbocycles. The van der Waals surface area contributed by atoms with E-state index < -0.39 is 0 Å². The normalized spacial score (nSPS) is 21.3. The molecule has 0 spiro atoms. The van der Waals surface area contributed by atoms with E-state index in [-0.39, 0.29) is 30.6 Å². The maximum atomic E-state index is 13.0. The number of hydrogen-bond donors (Lipinski definition) is 1. The second-order valence-electron chi connectivity index (χ2n) is 9.60. The van der Waals surface area contributed by atoms with E-state index in [4.69, 9.17) is 4.74 Å². The fourth-order valence-corrected chi connectivity index (χ4v) is 5.19. The van der Waals surface area contributed by atoms with E-state index in [2.05, 4.69) is 22.2 Å². The summed E-state index contributed by atoms with van der Waals surface area (Å²) >= 11 is 0. The molecule has 0 aliphatic carbocycles. The van der Waals surface area contributed by atoms with Crippen LogP contribution < -0.4 is 5.32 Å². The lowest BCUT2D eigenvalue weighted by atomic mass is 10.0. The van der Waals surface area contributed by atoms with Crippen LogP contribution in [0.2, 0.25) is 0 Å². The number of rotatable bonds is 7. The number of ether oxygens (including phenoxy) is 1. The Bertz CT molecular complexity index is 894. The molecule has 34 heavy (non-hydrogen) atoms. The van der Waals surface area contributed by atoms with Gasteiger partial charge in [0.05, 0.1) is 13.2 Å². The number of amides is 3. The summed E-state index contributed by atoms with van der Waals surface area (Å²) in [5, 5.41) is 7.45. The third kappa shape index (κ3) is 5.78. The molecule has 0 radical (unpaired) electrons. The van der Waals surface area contributed by atoms with E-state index >= 15 is 0 Å². The third-order valence-corrected chi connectivity index (χ3v) is 7.32. The molecule has 4 rings (SSSR count). The first-order chi connectivity index (χ1) is 16.4. The molecule has 3 aliphatic rings. The molecule has 10 nitrogen and oxygen atoms in total. The molecular formula is C24H38N6O4. The molecule has 1 aromatic rings. The van der Waals surface area contributed by atoms with Crippen LogP contribution >= 0.6 is 0 Å². The number of carbonyl (C=O) groups excluding carboxylic acids is 3. The van der Waals surface area contributed by atoms with Gasteiger partial charge in [0.1, 0.15) is 0 Å². The van der Waals surface area contributed by atoms with Crippen LogP contribution in [0.1, 0.15) is 60.8 Å². The summed E-state index contributed by atoms with van der Waals surface area (Å²) in [5.74, 6) is -0.240. The molecule has 3 aliphatic heterocycles. The Hall–Kier alpha value is -2.46.